The van der Waals surface area contributed by atoms with Gasteiger partial charge in [-0.1, -0.05) is 169 Å². The third-order valence-electron chi connectivity index (χ3n) is 7.84. The van der Waals surface area contributed by atoms with Crippen molar-refractivity contribution in [1.29, 1.82) is 0 Å². The van der Waals surface area contributed by atoms with Crippen LogP contribution in [0.5, 0.6) is 0 Å². The van der Waals surface area contributed by atoms with Crippen LogP contribution in [0.4, 0.5) is 0 Å². The van der Waals surface area contributed by atoms with E-state index in [4.69, 9.17) is 0 Å². The molecule has 0 bridgehead atoms. The molecule has 41 heavy (non-hydrogen) atoms. The van der Waals surface area contributed by atoms with Crippen LogP contribution in [0.1, 0.15) is 195 Å². The van der Waals surface area contributed by atoms with Crippen molar-refractivity contribution in [2.24, 2.45) is 0 Å². The Bertz CT molecular complexity index is 666. The van der Waals surface area contributed by atoms with Gasteiger partial charge in [0.25, 0.3) is 0 Å². The van der Waals surface area contributed by atoms with E-state index in [9.17, 15) is 25.9 Å². The van der Waals surface area contributed by atoms with E-state index in [1.165, 1.54) is 64.2 Å². The molecule has 0 saturated carbocycles. The zero-order valence-electron chi connectivity index (χ0n) is 27.5. The van der Waals surface area contributed by atoms with Crippen molar-refractivity contribution in [3.05, 3.63) is 0 Å². The molecule has 0 aromatic rings. The van der Waals surface area contributed by atoms with Gasteiger partial charge in [-0.05, 0) is 25.7 Å². The van der Waals surface area contributed by atoms with Gasteiger partial charge in [0, 0.05) is 10.5 Å². The molecule has 0 saturated heterocycles. The van der Waals surface area contributed by atoms with Crippen LogP contribution in [0, 0.1) is 0 Å². The van der Waals surface area contributed by atoms with E-state index in [1.54, 1.807) is 0 Å². The Balaban J connectivity index is -0.000000688. The molecule has 0 heterocycles. The van der Waals surface area contributed by atoms with Gasteiger partial charge in [0.05, 0.1) is 20.2 Å². The van der Waals surface area contributed by atoms with Crippen molar-refractivity contribution in [1.82, 2.24) is 0 Å². The molecular weight excluding hydrogens is 682 g/mol. The standard InChI is InChI=1S/2C16H34O3S.Ba/c2*1-3-5-7-9-10-11-13-15-16(20(17,18)19)14-12-8-6-4-2;/h2*16H,3-15H2,1-2H3,(H,17,18,19);/q;;+2/p-2. The van der Waals surface area contributed by atoms with Gasteiger partial charge < -0.3 is 9.11 Å². The van der Waals surface area contributed by atoms with Crippen LogP contribution in [-0.4, -0.2) is 85.3 Å². The van der Waals surface area contributed by atoms with Gasteiger partial charge in [-0.2, -0.15) is 0 Å². The predicted octanol–water partition coefficient (Wildman–Crippen LogP) is 9.64. The summed E-state index contributed by atoms with van der Waals surface area (Å²) in [6.07, 6.45) is 26.9. The molecule has 9 heteroatoms. The van der Waals surface area contributed by atoms with Crippen LogP contribution < -0.4 is 0 Å². The molecule has 0 fully saturated rings. The Kier molecular flexibility index (Phi) is 37.4. The molecule has 2 atom stereocenters. The third-order valence-corrected chi connectivity index (χ3v) is 10.4. The fourth-order valence-electron chi connectivity index (χ4n) is 5.12. The van der Waals surface area contributed by atoms with Crippen molar-refractivity contribution in [2.75, 3.05) is 0 Å². The van der Waals surface area contributed by atoms with Gasteiger partial charge in [-0.15, -0.1) is 0 Å². The zero-order chi connectivity index (χ0) is 30.5. The van der Waals surface area contributed by atoms with Crippen molar-refractivity contribution in [3.8, 4) is 0 Å². The van der Waals surface area contributed by atoms with E-state index < -0.39 is 30.7 Å². The van der Waals surface area contributed by atoms with Gasteiger partial charge in [-0.25, -0.2) is 16.8 Å². The number of hydrogen-bond acceptors (Lipinski definition) is 6. The first-order valence-corrected chi connectivity index (χ1v) is 19.9. The van der Waals surface area contributed by atoms with Crippen molar-refractivity contribution in [3.63, 3.8) is 0 Å². The second-order valence-corrected chi connectivity index (χ2v) is 15.1. The van der Waals surface area contributed by atoms with Gasteiger partial charge in [0.1, 0.15) is 0 Å². The topological polar surface area (TPSA) is 114 Å². The van der Waals surface area contributed by atoms with Crippen LogP contribution >= 0.6 is 0 Å². The Labute approximate surface area is 297 Å². The molecule has 0 aliphatic rings. The second kappa shape index (κ2) is 32.8. The average molecular weight is 748 g/mol. The molecule has 6 nitrogen and oxygen atoms in total. The number of rotatable bonds is 28. The Hall–Kier alpha value is 1.39. The maximum Gasteiger partial charge on any atom is 2.00 e. The van der Waals surface area contributed by atoms with Crippen LogP contribution in [0.2, 0.25) is 0 Å². The van der Waals surface area contributed by atoms with Gasteiger partial charge in [0.15, 0.2) is 0 Å². The molecule has 0 aliphatic carbocycles. The first-order chi connectivity index (χ1) is 19.0. The molecule has 0 aliphatic heterocycles. The van der Waals surface area contributed by atoms with Crippen LogP contribution in [0.15, 0.2) is 0 Å². The Morgan fingerprint density at radius 2 is 0.537 bits per heavy atom. The van der Waals surface area contributed by atoms with Gasteiger partial charge >= 0.3 is 48.9 Å². The van der Waals surface area contributed by atoms with E-state index in [2.05, 4.69) is 27.7 Å². The molecule has 0 rings (SSSR count). The van der Waals surface area contributed by atoms with Crippen molar-refractivity contribution in [2.45, 2.75) is 205 Å². The third kappa shape index (κ3) is 34.1. The molecule has 2 unspecified atom stereocenters. The molecule has 0 aromatic carbocycles. The van der Waals surface area contributed by atoms with Crippen LogP contribution in [0.3, 0.4) is 0 Å². The maximum atomic E-state index is 11.2. The molecule has 0 N–H and O–H groups in total. The number of unbranched alkanes of at least 4 members (excludes halogenated alkanes) is 18. The summed E-state index contributed by atoms with van der Waals surface area (Å²) in [6, 6.07) is 0. The molecule has 0 amide bonds. The summed E-state index contributed by atoms with van der Waals surface area (Å²) in [4.78, 5) is 0. The first kappa shape index (κ1) is 46.8. The van der Waals surface area contributed by atoms with E-state index >= 15 is 0 Å². The Morgan fingerprint density at radius 3 is 0.732 bits per heavy atom. The van der Waals surface area contributed by atoms with E-state index in [1.807, 2.05) is 0 Å². The van der Waals surface area contributed by atoms with Crippen molar-refractivity contribution >= 4 is 69.1 Å². The maximum absolute atomic E-state index is 11.2. The molecule has 0 aromatic heterocycles. The van der Waals surface area contributed by atoms with E-state index in [0.717, 1.165) is 77.0 Å². The summed E-state index contributed by atoms with van der Waals surface area (Å²) in [7, 11) is -8.21. The van der Waals surface area contributed by atoms with E-state index in [-0.39, 0.29) is 48.9 Å². The van der Waals surface area contributed by atoms with Crippen LogP contribution in [-0.2, 0) is 20.2 Å². The summed E-state index contributed by atoms with van der Waals surface area (Å²) in [5.41, 5.74) is 0. The minimum atomic E-state index is -4.10. The predicted molar refractivity (Wildman–Crippen MR) is 175 cm³/mol. The molecular formula is C32H66BaO6S2. The zero-order valence-corrected chi connectivity index (χ0v) is 33.6. The smallest absolute Gasteiger partial charge is 0.748 e. The normalized spacial score (nSPS) is 13.2. The fraction of sp³-hybridized carbons (Fsp3) is 1.00. The monoisotopic (exact) mass is 748 g/mol. The molecule has 0 spiro atoms. The molecule has 244 valence electrons. The fourth-order valence-corrected chi connectivity index (χ4v) is 6.94. The quantitative estimate of drug-likeness (QED) is 0.0447. The minimum Gasteiger partial charge on any atom is -0.748 e. The summed E-state index contributed by atoms with van der Waals surface area (Å²) in [6.45, 7) is 8.64. The molecule has 0 radical (unpaired) electrons. The second-order valence-electron chi connectivity index (χ2n) is 11.7. The van der Waals surface area contributed by atoms with Gasteiger partial charge in [-0.3, -0.25) is 0 Å². The number of hydrogen-bond donors (Lipinski definition) is 0. The van der Waals surface area contributed by atoms with E-state index in [0.29, 0.717) is 25.7 Å². The summed E-state index contributed by atoms with van der Waals surface area (Å²) >= 11 is 0. The summed E-state index contributed by atoms with van der Waals surface area (Å²) in [5, 5.41) is -1.29. The summed E-state index contributed by atoms with van der Waals surface area (Å²) in [5.74, 6) is 0. The van der Waals surface area contributed by atoms with Gasteiger partial charge in [0.2, 0.25) is 0 Å². The largest absolute Gasteiger partial charge is 2.00 e. The Morgan fingerprint density at radius 1 is 0.366 bits per heavy atom. The summed E-state index contributed by atoms with van der Waals surface area (Å²) < 4.78 is 67.5. The minimum absolute atomic E-state index is 0. The van der Waals surface area contributed by atoms with Crippen molar-refractivity contribution < 1.29 is 25.9 Å². The van der Waals surface area contributed by atoms with Crippen LogP contribution in [0.25, 0.3) is 0 Å². The SMILES string of the molecule is CCCCCCCCCC(CCCCCC)S(=O)(=O)[O-].CCCCCCCCCC(CCCCCC)S(=O)(=O)[O-].[Ba+2]. The average Bonchev–Trinajstić information content (AvgIpc) is 2.89. The first-order valence-electron chi connectivity index (χ1n) is 16.9.